The first-order chi connectivity index (χ1) is 12.5. The second-order valence-corrected chi connectivity index (χ2v) is 7.62. The molecule has 4 rings (SSSR count). The molecule has 0 saturated carbocycles. The van der Waals surface area contributed by atoms with Crippen LogP contribution in [0.25, 0.3) is 10.9 Å². The number of H-pyrrole nitrogens is 1. The van der Waals surface area contributed by atoms with Crippen molar-refractivity contribution in [2.75, 3.05) is 39.3 Å². The molecule has 6 heteroatoms. The maximum absolute atomic E-state index is 12.9. The van der Waals surface area contributed by atoms with E-state index in [1.165, 1.54) is 6.07 Å². The first-order valence-electron chi connectivity index (χ1n) is 9.42. The quantitative estimate of drug-likeness (QED) is 0.905. The minimum atomic E-state index is -0.228. The molecule has 6 nitrogen and oxygen atoms in total. The van der Waals surface area contributed by atoms with Crippen LogP contribution in [0.3, 0.4) is 0 Å². The Morgan fingerprint density at radius 1 is 1.12 bits per heavy atom. The average Bonchev–Trinajstić information content (AvgIpc) is 2.60. The third-order valence-electron chi connectivity index (χ3n) is 5.73. The highest BCUT2D eigenvalue weighted by Gasteiger charge is 2.37. The molecule has 138 valence electrons. The minimum absolute atomic E-state index is 0.0376. The number of amides is 1. The number of hydrogen-bond acceptors (Lipinski definition) is 4. The van der Waals surface area contributed by atoms with Crippen LogP contribution < -0.4 is 5.56 Å². The zero-order valence-electron chi connectivity index (χ0n) is 15.4. The lowest BCUT2D eigenvalue weighted by Gasteiger charge is -2.48. The summed E-state index contributed by atoms with van der Waals surface area (Å²) in [7, 11) is 0. The van der Waals surface area contributed by atoms with Crippen LogP contribution in [0.1, 0.15) is 24.2 Å². The number of para-hydroxylation sites is 1. The van der Waals surface area contributed by atoms with E-state index in [0.29, 0.717) is 23.2 Å². The largest absolute Gasteiger partial charge is 0.335 e. The fraction of sp³-hybridized carbons (Fsp3) is 0.500. The summed E-state index contributed by atoms with van der Waals surface area (Å²) in [5.74, 6) is -0.0376. The number of carbonyl (C=O) groups is 1. The molecular weight excluding hydrogens is 328 g/mol. The zero-order chi connectivity index (χ0) is 18.3. The second kappa shape index (κ2) is 6.85. The van der Waals surface area contributed by atoms with Gasteiger partial charge in [-0.3, -0.25) is 19.4 Å². The van der Waals surface area contributed by atoms with Crippen LogP contribution in [0.15, 0.2) is 35.1 Å². The van der Waals surface area contributed by atoms with Crippen molar-refractivity contribution in [3.63, 3.8) is 0 Å². The van der Waals surface area contributed by atoms with Gasteiger partial charge in [-0.15, -0.1) is 0 Å². The van der Waals surface area contributed by atoms with Gasteiger partial charge in [0.25, 0.3) is 5.91 Å². The topological polar surface area (TPSA) is 59.6 Å². The van der Waals surface area contributed by atoms with Gasteiger partial charge in [0, 0.05) is 68.3 Å². The van der Waals surface area contributed by atoms with Crippen molar-refractivity contribution in [1.29, 1.82) is 0 Å². The lowest BCUT2D eigenvalue weighted by Crippen LogP contribution is -2.64. The van der Waals surface area contributed by atoms with Crippen molar-refractivity contribution in [1.82, 2.24) is 19.7 Å². The van der Waals surface area contributed by atoms with Crippen molar-refractivity contribution in [3.8, 4) is 0 Å². The number of benzene rings is 1. The predicted molar refractivity (Wildman–Crippen MR) is 103 cm³/mol. The van der Waals surface area contributed by atoms with Crippen LogP contribution in [0.4, 0.5) is 0 Å². The van der Waals surface area contributed by atoms with E-state index in [-0.39, 0.29) is 11.5 Å². The molecule has 0 atom stereocenters. The molecular formula is C20H26N4O2. The number of fused-ring (bicyclic) bond motifs is 1. The summed E-state index contributed by atoms with van der Waals surface area (Å²) in [6.07, 6.45) is 0. The SMILES string of the molecule is CC(C)N1CCN(C2CN(C(=O)c3cc(=O)[nH]c4ccccc34)C2)CC1. The van der Waals surface area contributed by atoms with E-state index >= 15 is 0 Å². The van der Waals surface area contributed by atoms with Crippen LogP contribution >= 0.6 is 0 Å². The third-order valence-corrected chi connectivity index (χ3v) is 5.73. The van der Waals surface area contributed by atoms with Crippen LogP contribution in [-0.2, 0) is 0 Å². The highest BCUT2D eigenvalue weighted by atomic mass is 16.2. The Balaban J connectivity index is 1.42. The van der Waals surface area contributed by atoms with E-state index in [1.54, 1.807) is 0 Å². The van der Waals surface area contributed by atoms with Gasteiger partial charge in [-0.05, 0) is 19.9 Å². The highest BCUT2D eigenvalue weighted by Crippen LogP contribution is 2.22. The molecule has 2 fully saturated rings. The van der Waals surface area contributed by atoms with Crippen molar-refractivity contribution in [2.24, 2.45) is 0 Å². The number of hydrogen-bond donors (Lipinski definition) is 1. The summed E-state index contributed by atoms with van der Waals surface area (Å²) >= 11 is 0. The van der Waals surface area contributed by atoms with Gasteiger partial charge in [-0.1, -0.05) is 18.2 Å². The number of likely N-dealkylation sites (tertiary alicyclic amines) is 1. The van der Waals surface area contributed by atoms with E-state index in [1.807, 2.05) is 29.2 Å². The maximum Gasteiger partial charge on any atom is 0.254 e. The predicted octanol–water partition coefficient (Wildman–Crippen LogP) is 1.38. The number of nitrogens with zero attached hydrogens (tertiary/aromatic N) is 3. The number of pyridine rings is 1. The highest BCUT2D eigenvalue weighted by molar-refractivity contribution is 6.06. The molecule has 0 aliphatic carbocycles. The number of nitrogens with one attached hydrogen (secondary N) is 1. The van der Waals surface area contributed by atoms with E-state index in [2.05, 4.69) is 28.6 Å². The molecule has 1 aromatic carbocycles. The molecule has 0 unspecified atom stereocenters. The van der Waals surface area contributed by atoms with Crippen molar-refractivity contribution in [2.45, 2.75) is 25.9 Å². The molecule has 2 aromatic rings. The van der Waals surface area contributed by atoms with Gasteiger partial charge in [0.1, 0.15) is 0 Å². The van der Waals surface area contributed by atoms with Gasteiger partial charge in [0.05, 0.1) is 5.56 Å². The number of carbonyl (C=O) groups excluding carboxylic acids is 1. The molecule has 1 aromatic heterocycles. The molecule has 3 heterocycles. The molecule has 1 amide bonds. The van der Waals surface area contributed by atoms with Gasteiger partial charge in [0.15, 0.2) is 0 Å². The Bertz CT molecular complexity index is 861. The minimum Gasteiger partial charge on any atom is -0.335 e. The third kappa shape index (κ3) is 3.15. The molecule has 2 saturated heterocycles. The second-order valence-electron chi connectivity index (χ2n) is 7.62. The normalized spacial score (nSPS) is 19.9. The average molecular weight is 354 g/mol. The fourth-order valence-electron chi connectivity index (χ4n) is 4.02. The summed E-state index contributed by atoms with van der Waals surface area (Å²) in [5, 5.41) is 0.811. The fourth-order valence-corrected chi connectivity index (χ4v) is 4.02. The summed E-state index contributed by atoms with van der Waals surface area (Å²) in [6.45, 7) is 10.3. The Kier molecular flexibility index (Phi) is 4.54. The van der Waals surface area contributed by atoms with Gasteiger partial charge in [-0.2, -0.15) is 0 Å². The van der Waals surface area contributed by atoms with E-state index < -0.39 is 0 Å². The molecule has 2 aliphatic heterocycles. The number of piperazine rings is 1. The Hall–Kier alpha value is -2.18. The van der Waals surface area contributed by atoms with Crippen molar-refractivity contribution in [3.05, 3.63) is 46.2 Å². The standard InChI is InChI=1S/C20H26N4O2/c1-14(2)22-7-9-23(10-8-22)15-12-24(13-15)20(26)17-11-19(25)21-18-6-4-3-5-16(17)18/h3-6,11,14-15H,7-10,12-13H2,1-2H3,(H,21,25). The van der Waals surface area contributed by atoms with E-state index in [9.17, 15) is 9.59 Å². The van der Waals surface area contributed by atoms with Crippen LogP contribution in [0.5, 0.6) is 0 Å². The van der Waals surface area contributed by atoms with E-state index in [4.69, 9.17) is 0 Å². The molecule has 0 spiro atoms. The van der Waals surface area contributed by atoms with Crippen molar-refractivity contribution >= 4 is 16.8 Å². The molecule has 2 aliphatic rings. The van der Waals surface area contributed by atoms with E-state index in [0.717, 1.165) is 44.7 Å². The lowest BCUT2D eigenvalue weighted by molar-refractivity contribution is 0.00326. The number of aromatic nitrogens is 1. The van der Waals surface area contributed by atoms with Gasteiger partial charge >= 0.3 is 0 Å². The summed E-state index contributed by atoms with van der Waals surface area (Å²) in [4.78, 5) is 34.5. The smallest absolute Gasteiger partial charge is 0.254 e. The van der Waals surface area contributed by atoms with Gasteiger partial charge < -0.3 is 9.88 Å². The monoisotopic (exact) mass is 354 g/mol. The maximum atomic E-state index is 12.9. The molecule has 1 N–H and O–H groups in total. The number of aromatic amines is 1. The Labute approximate surface area is 153 Å². The van der Waals surface area contributed by atoms with Crippen LogP contribution in [0, 0.1) is 0 Å². The van der Waals surface area contributed by atoms with Crippen LogP contribution in [-0.4, -0.2) is 76.9 Å². The van der Waals surface area contributed by atoms with Crippen molar-refractivity contribution < 1.29 is 4.79 Å². The summed E-state index contributed by atoms with van der Waals surface area (Å²) < 4.78 is 0. The van der Waals surface area contributed by atoms with Gasteiger partial charge in [0.2, 0.25) is 5.56 Å². The zero-order valence-corrected chi connectivity index (χ0v) is 15.4. The Morgan fingerprint density at radius 3 is 2.50 bits per heavy atom. The molecule has 0 radical (unpaired) electrons. The van der Waals surface area contributed by atoms with Crippen LogP contribution in [0.2, 0.25) is 0 Å². The first kappa shape index (κ1) is 17.2. The Morgan fingerprint density at radius 2 is 1.81 bits per heavy atom. The lowest BCUT2D eigenvalue weighted by atomic mass is 10.0. The summed E-state index contributed by atoms with van der Waals surface area (Å²) in [5.41, 5.74) is 0.992. The molecule has 26 heavy (non-hydrogen) atoms. The number of rotatable bonds is 3. The summed E-state index contributed by atoms with van der Waals surface area (Å²) in [6, 6.07) is 9.96. The van der Waals surface area contributed by atoms with Gasteiger partial charge in [-0.25, -0.2) is 0 Å². The molecule has 0 bridgehead atoms. The first-order valence-corrected chi connectivity index (χ1v) is 9.42.